The van der Waals surface area contributed by atoms with Gasteiger partial charge in [0.05, 0.1) is 13.7 Å². The van der Waals surface area contributed by atoms with Crippen LogP contribution in [-0.2, 0) is 13.1 Å². The molecule has 0 bridgehead atoms. The first-order valence-electron chi connectivity index (χ1n) is 6.60. The van der Waals surface area contributed by atoms with Crippen LogP contribution in [0.3, 0.4) is 0 Å². The third-order valence-corrected chi connectivity index (χ3v) is 3.62. The van der Waals surface area contributed by atoms with Gasteiger partial charge in [-0.15, -0.1) is 10.2 Å². The van der Waals surface area contributed by atoms with Crippen LogP contribution in [0.5, 0.6) is 5.75 Å². The Labute approximate surface area is 127 Å². The molecule has 5 nitrogen and oxygen atoms in total. The highest BCUT2D eigenvalue weighted by Crippen LogP contribution is 2.25. The second-order valence-electron chi connectivity index (χ2n) is 4.57. The van der Waals surface area contributed by atoms with Crippen LogP contribution < -0.4 is 10.1 Å². The lowest BCUT2D eigenvalue weighted by atomic mass is 10.2. The number of aromatic nitrogens is 3. The summed E-state index contributed by atoms with van der Waals surface area (Å²) in [6, 6.07) is 11.4. The summed E-state index contributed by atoms with van der Waals surface area (Å²) in [5.74, 6) is 1.64. The first kappa shape index (κ1) is 13.9. The molecule has 0 radical (unpaired) electrons. The van der Waals surface area contributed by atoms with Crippen molar-refractivity contribution in [1.29, 1.82) is 0 Å². The molecule has 0 aliphatic heterocycles. The summed E-state index contributed by atoms with van der Waals surface area (Å²) in [5, 5.41) is 12.3. The molecule has 2 heterocycles. The van der Waals surface area contributed by atoms with E-state index in [2.05, 4.69) is 15.5 Å². The lowest BCUT2D eigenvalue weighted by molar-refractivity contribution is 0.407. The van der Waals surface area contributed by atoms with Gasteiger partial charge in [0.2, 0.25) is 0 Å². The van der Waals surface area contributed by atoms with Gasteiger partial charge in [-0.3, -0.25) is 4.40 Å². The van der Waals surface area contributed by atoms with E-state index in [1.165, 1.54) is 0 Å². The van der Waals surface area contributed by atoms with E-state index in [1.54, 1.807) is 7.11 Å². The molecule has 0 saturated heterocycles. The van der Waals surface area contributed by atoms with Crippen LogP contribution in [-0.4, -0.2) is 21.7 Å². The topological polar surface area (TPSA) is 51.5 Å². The number of methoxy groups -OCH3 is 1. The predicted octanol–water partition coefficient (Wildman–Crippen LogP) is 2.68. The highest BCUT2D eigenvalue weighted by atomic mass is 35.5. The third kappa shape index (κ3) is 2.84. The molecule has 21 heavy (non-hydrogen) atoms. The summed E-state index contributed by atoms with van der Waals surface area (Å²) >= 11 is 6.21. The molecule has 108 valence electrons. The summed E-state index contributed by atoms with van der Waals surface area (Å²) < 4.78 is 7.28. The van der Waals surface area contributed by atoms with Gasteiger partial charge in [0, 0.05) is 23.3 Å². The number of halogens is 1. The van der Waals surface area contributed by atoms with E-state index in [0.29, 0.717) is 18.1 Å². The van der Waals surface area contributed by atoms with Crippen molar-refractivity contribution in [3.63, 3.8) is 0 Å². The van der Waals surface area contributed by atoms with E-state index in [4.69, 9.17) is 16.3 Å². The molecule has 6 heteroatoms. The normalized spacial score (nSPS) is 11.0. The Hall–Kier alpha value is -2.11. The molecule has 0 aliphatic rings. The fraction of sp³-hybridized carbons (Fsp3) is 0.200. The molecule has 1 aromatic carbocycles. The molecule has 0 spiro atoms. The Morgan fingerprint density at radius 1 is 1.14 bits per heavy atom. The smallest absolute Gasteiger partial charge is 0.160 e. The molecule has 0 saturated carbocycles. The van der Waals surface area contributed by atoms with Gasteiger partial charge >= 0.3 is 0 Å². The third-order valence-electron chi connectivity index (χ3n) is 3.27. The summed E-state index contributed by atoms with van der Waals surface area (Å²) in [6.45, 7) is 1.20. The number of hydrogen-bond acceptors (Lipinski definition) is 4. The fourth-order valence-corrected chi connectivity index (χ4v) is 2.45. The van der Waals surface area contributed by atoms with Gasteiger partial charge in [0.1, 0.15) is 5.75 Å². The van der Waals surface area contributed by atoms with Crippen molar-refractivity contribution in [2.45, 2.75) is 13.1 Å². The predicted molar refractivity (Wildman–Crippen MR) is 81.5 cm³/mol. The monoisotopic (exact) mass is 302 g/mol. The molecule has 1 N–H and O–H groups in total. The summed E-state index contributed by atoms with van der Waals surface area (Å²) in [6.07, 6.45) is 1.95. The molecule has 0 atom stereocenters. The van der Waals surface area contributed by atoms with Gasteiger partial charge in [0.25, 0.3) is 0 Å². The minimum absolute atomic E-state index is 0.597. The average molecular weight is 303 g/mol. The van der Waals surface area contributed by atoms with Crippen LogP contribution in [0.2, 0.25) is 5.02 Å². The highest BCUT2D eigenvalue weighted by Gasteiger charge is 2.08. The first-order chi connectivity index (χ1) is 10.3. The minimum atomic E-state index is 0.597. The number of benzene rings is 1. The van der Waals surface area contributed by atoms with Crippen molar-refractivity contribution < 1.29 is 4.74 Å². The number of hydrogen-bond donors (Lipinski definition) is 1. The van der Waals surface area contributed by atoms with Crippen molar-refractivity contribution in [2.24, 2.45) is 0 Å². The SMILES string of the molecule is COc1cccc(Cl)c1CNCc1nnc2ccccn12. The van der Waals surface area contributed by atoms with E-state index >= 15 is 0 Å². The molecule has 2 aromatic heterocycles. The van der Waals surface area contributed by atoms with Gasteiger partial charge in [-0.2, -0.15) is 0 Å². The van der Waals surface area contributed by atoms with Crippen molar-refractivity contribution >= 4 is 17.2 Å². The number of nitrogens with one attached hydrogen (secondary N) is 1. The summed E-state index contributed by atoms with van der Waals surface area (Å²) in [7, 11) is 1.64. The van der Waals surface area contributed by atoms with Crippen LogP contribution in [0, 0.1) is 0 Å². The quantitative estimate of drug-likeness (QED) is 0.787. The average Bonchev–Trinajstić information content (AvgIpc) is 2.92. The van der Waals surface area contributed by atoms with Crippen LogP contribution in [0.1, 0.15) is 11.4 Å². The van der Waals surface area contributed by atoms with Crippen molar-refractivity contribution in [1.82, 2.24) is 19.9 Å². The molecule has 0 unspecified atom stereocenters. The van der Waals surface area contributed by atoms with Gasteiger partial charge in [-0.1, -0.05) is 23.7 Å². The van der Waals surface area contributed by atoms with Crippen LogP contribution in [0.15, 0.2) is 42.6 Å². The summed E-state index contributed by atoms with van der Waals surface area (Å²) in [5.41, 5.74) is 1.78. The van der Waals surface area contributed by atoms with E-state index in [-0.39, 0.29) is 0 Å². The Morgan fingerprint density at radius 2 is 2.05 bits per heavy atom. The zero-order valence-corrected chi connectivity index (χ0v) is 12.3. The van der Waals surface area contributed by atoms with Crippen LogP contribution >= 0.6 is 11.6 Å². The Balaban J connectivity index is 1.72. The van der Waals surface area contributed by atoms with Gasteiger partial charge in [-0.05, 0) is 24.3 Å². The van der Waals surface area contributed by atoms with E-state index in [1.807, 2.05) is 47.0 Å². The number of nitrogens with zero attached hydrogens (tertiary/aromatic N) is 3. The Morgan fingerprint density at radius 3 is 2.90 bits per heavy atom. The zero-order chi connectivity index (χ0) is 14.7. The number of rotatable bonds is 5. The molecule has 3 aromatic rings. The molecular weight excluding hydrogens is 288 g/mol. The van der Waals surface area contributed by atoms with E-state index in [0.717, 1.165) is 22.8 Å². The van der Waals surface area contributed by atoms with Crippen molar-refractivity contribution in [3.8, 4) is 5.75 Å². The maximum absolute atomic E-state index is 6.21. The second kappa shape index (κ2) is 6.11. The van der Waals surface area contributed by atoms with Gasteiger partial charge < -0.3 is 10.1 Å². The maximum atomic E-state index is 6.21. The zero-order valence-electron chi connectivity index (χ0n) is 11.6. The number of ether oxygens (including phenoxy) is 1. The largest absolute Gasteiger partial charge is 0.496 e. The van der Waals surface area contributed by atoms with E-state index in [9.17, 15) is 0 Å². The molecule has 0 fully saturated rings. The van der Waals surface area contributed by atoms with Gasteiger partial charge in [0.15, 0.2) is 11.5 Å². The molecule has 0 aliphatic carbocycles. The lowest BCUT2D eigenvalue weighted by Gasteiger charge is -2.10. The minimum Gasteiger partial charge on any atom is -0.496 e. The fourth-order valence-electron chi connectivity index (χ4n) is 2.21. The Bertz CT molecular complexity index is 756. The highest BCUT2D eigenvalue weighted by molar-refractivity contribution is 6.31. The molecule has 0 amide bonds. The van der Waals surface area contributed by atoms with E-state index < -0.39 is 0 Å². The Kier molecular flexibility index (Phi) is 4.03. The van der Waals surface area contributed by atoms with Crippen LogP contribution in [0.25, 0.3) is 5.65 Å². The number of fused-ring (bicyclic) bond motifs is 1. The lowest BCUT2D eigenvalue weighted by Crippen LogP contribution is -2.15. The standard InChI is InChI=1S/C15H15ClN4O/c1-21-13-6-4-5-12(16)11(13)9-17-10-15-19-18-14-7-2-3-8-20(14)15/h2-8,17H,9-10H2,1H3. The second-order valence-corrected chi connectivity index (χ2v) is 4.98. The summed E-state index contributed by atoms with van der Waals surface area (Å²) in [4.78, 5) is 0. The number of pyridine rings is 1. The van der Waals surface area contributed by atoms with Gasteiger partial charge in [-0.25, -0.2) is 0 Å². The maximum Gasteiger partial charge on any atom is 0.160 e. The van der Waals surface area contributed by atoms with Crippen LogP contribution in [0.4, 0.5) is 0 Å². The molecular formula is C15H15ClN4O. The molecule has 3 rings (SSSR count). The van der Waals surface area contributed by atoms with Crippen molar-refractivity contribution in [2.75, 3.05) is 7.11 Å². The van der Waals surface area contributed by atoms with Crippen molar-refractivity contribution in [3.05, 3.63) is 59.0 Å². The first-order valence-corrected chi connectivity index (χ1v) is 6.98.